The van der Waals surface area contributed by atoms with Gasteiger partial charge in [-0.2, -0.15) is 0 Å². The third kappa shape index (κ3) is 4.39. The van der Waals surface area contributed by atoms with Gasteiger partial charge in [0.15, 0.2) is 0 Å². The summed E-state index contributed by atoms with van der Waals surface area (Å²) in [6.45, 7) is 7.35. The minimum absolute atomic E-state index is 0.689. The van der Waals surface area contributed by atoms with Crippen molar-refractivity contribution in [2.45, 2.75) is 45.8 Å². The molecule has 1 N–H and O–H groups in total. The maximum atomic E-state index is 4.72. The second kappa shape index (κ2) is 6.30. The quantitative estimate of drug-likeness (QED) is 0.802. The van der Waals surface area contributed by atoms with Crippen molar-refractivity contribution in [3.8, 4) is 0 Å². The van der Waals surface area contributed by atoms with Gasteiger partial charge in [-0.3, -0.25) is 9.88 Å². The number of hydrogen-bond donors (Lipinski definition) is 1. The first-order chi connectivity index (χ1) is 8.65. The standard InChI is InChI=1S/C15H25N3/c1-12(2)9-16-10-13-5-4-6-14(17-13)11-18(3)15-7-8-15/h4-6,12,15-16H,7-11H2,1-3H3. The van der Waals surface area contributed by atoms with Crippen LogP contribution in [0.5, 0.6) is 0 Å². The van der Waals surface area contributed by atoms with E-state index in [4.69, 9.17) is 4.98 Å². The molecule has 100 valence electrons. The maximum Gasteiger partial charge on any atom is 0.0547 e. The van der Waals surface area contributed by atoms with Crippen LogP contribution >= 0.6 is 0 Å². The summed E-state index contributed by atoms with van der Waals surface area (Å²) in [4.78, 5) is 7.13. The summed E-state index contributed by atoms with van der Waals surface area (Å²) >= 11 is 0. The summed E-state index contributed by atoms with van der Waals surface area (Å²) < 4.78 is 0. The lowest BCUT2D eigenvalue weighted by atomic mass is 10.2. The molecule has 18 heavy (non-hydrogen) atoms. The molecule has 1 fully saturated rings. The van der Waals surface area contributed by atoms with E-state index >= 15 is 0 Å². The van der Waals surface area contributed by atoms with E-state index in [1.54, 1.807) is 0 Å². The number of nitrogens with zero attached hydrogens (tertiary/aromatic N) is 2. The Bertz CT molecular complexity index is 372. The molecule has 1 aliphatic rings. The molecule has 0 spiro atoms. The Balaban J connectivity index is 1.84. The Labute approximate surface area is 111 Å². The van der Waals surface area contributed by atoms with Crippen molar-refractivity contribution in [3.63, 3.8) is 0 Å². The maximum absolute atomic E-state index is 4.72. The van der Waals surface area contributed by atoms with Crippen molar-refractivity contribution >= 4 is 0 Å². The highest BCUT2D eigenvalue weighted by Gasteiger charge is 2.26. The van der Waals surface area contributed by atoms with Gasteiger partial charge in [0.1, 0.15) is 0 Å². The van der Waals surface area contributed by atoms with Gasteiger partial charge < -0.3 is 5.32 Å². The molecule has 1 aliphatic carbocycles. The molecule has 1 aromatic heterocycles. The Morgan fingerprint density at radius 3 is 2.72 bits per heavy atom. The van der Waals surface area contributed by atoms with Gasteiger partial charge in [0, 0.05) is 19.1 Å². The predicted molar refractivity (Wildman–Crippen MR) is 75.3 cm³/mol. The molecule has 1 saturated carbocycles. The molecule has 3 heteroatoms. The number of nitrogens with one attached hydrogen (secondary N) is 1. The van der Waals surface area contributed by atoms with Gasteiger partial charge in [-0.05, 0) is 44.5 Å². The highest BCUT2D eigenvalue weighted by atomic mass is 15.2. The molecule has 0 bridgehead atoms. The van der Waals surface area contributed by atoms with E-state index in [0.717, 1.165) is 31.4 Å². The minimum Gasteiger partial charge on any atom is -0.311 e. The summed E-state index contributed by atoms with van der Waals surface area (Å²) in [6.07, 6.45) is 2.71. The smallest absolute Gasteiger partial charge is 0.0547 e. The Hall–Kier alpha value is -0.930. The summed E-state index contributed by atoms with van der Waals surface area (Å²) in [5.74, 6) is 0.689. The van der Waals surface area contributed by atoms with Crippen LogP contribution < -0.4 is 5.32 Å². The number of hydrogen-bond acceptors (Lipinski definition) is 3. The molecule has 1 aromatic rings. The van der Waals surface area contributed by atoms with Crippen LogP contribution in [-0.2, 0) is 13.1 Å². The lowest BCUT2D eigenvalue weighted by molar-refractivity contribution is 0.312. The topological polar surface area (TPSA) is 28.2 Å². The van der Waals surface area contributed by atoms with Gasteiger partial charge in [0.05, 0.1) is 11.4 Å². The van der Waals surface area contributed by atoms with Crippen LogP contribution in [-0.4, -0.2) is 29.5 Å². The normalized spacial score (nSPS) is 15.6. The lowest BCUT2D eigenvalue weighted by Gasteiger charge is -2.15. The Kier molecular flexibility index (Phi) is 4.72. The van der Waals surface area contributed by atoms with Gasteiger partial charge in [-0.1, -0.05) is 19.9 Å². The molecular weight excluding hydrogens is 222 g/mol. The van der Waals surface area contributed by atoms with Crippen molar-refractivity contribution < 1.29 is 0 Å². The summed E-state index contributed by atoms with van der Waals surface area (Å²) in [7, 11) is 2.20. The molecule has 0 saturated heterocycles. The fourth-order valence-electron chi connectivity index (χ4n) is 2.10. The third-order valence-corrected chi connectivity index (χ3v) is 3.30. The summed E-state index contributed by atoms with van der Waals surface area (Å²) in [5.41, 5.74) is 2.34. The highest BCUT2D eigenvalue weighted by Crippen LogP contribution is 2.26. The third-order valence-electron chi connectivity index (χ3n) is 3.30. The second-order valence-electron chi connectivity index (χ2n) is 5.79. The van der Waals surface area contributed by atoms with Crippen LogP contribution in [0.4, 0.5) is 0 Å². The van der Waals surface area contributed by atoms with Crippen LogP contribution in [0.2, 0.25) is 0 Å². The van der Waals surface area contributed by atoms with E-state index in [-0.39, 0.29) is 0 Å². The molecule has 0 aromatic carbocycles. The second-order valence-corrected chi connectivity index (χ2v) is 5.79. The number of aromatic nitrogens is 1. The van der Waals surface area contributed by atoms with Gasteiger partial charge in [0.25, 0.3) is 0 Å². The van der Waals surface area contributed by atoms with Gasteiger partial charge in [-0.15, -0.1) is 0 Å². The van der Waals surface area contributed by atoms with Crippen molar-refractivity contribution in [3.05, 3.63) is 29.6 Å². The van der Waals surface area contributed by atoms with Gasteiger partial charge in [-0.25, -0.2) is 0 Å². The molecule has 0 aliphatic heterocycles. The number of pyridine rings is 1. The molecule has 2 rings (SSSR count). The first-order valence-electron chi connectivity index (χ1n) is 7.01. The van der Waals surface area contributed by atoms with Crippen molar-refractivity contribution in [2.24, 2.45) is 5.92 Å². The zero-order valence-electron chi connectivity index (χ0n) is 11.8. The van der Waals surface area contributed by atoms with E-state index in [2.05, 4.69) is 49.3 Å². The van der Waals surface area contributed by atoms with Gasteiger partial charge >= 0.3 is 0 Å². The van der Waals surface area contributed by atoms with E-state index in [9.17, 15) is 0 Å². The Morgan fingerprint density at radius 2 is 2.06 bits per heavy atom. The average molecular weight is 247 g/mol. The monoisotopic (exact) mass is 247 g/mol. The molecule has 0 atom stereocenters. The van der Waals surface area contributed by atoms with Crippen LogP contribution in [0.3, 0.4) is 0 Å². The molecule has 1 heterocycles. The first-order valence-corrected chi connectivity index (χ1v) is 7.01. The highest BCUT2D eigenvalue weighted by molar-refractivity contribution is 5.11. The predicted octanol–water partition coefficient (Wildman–Crippen LogP) is 2.42. The van der Waals surface area contributed by atoms with Crippen molar-refractivity contribution in [1.82, 2.24) is 15.2 Å². The lowest BCUT2D eigenvalue weighted by Crippen LogP contribution is -2.22. The zero-order chi connectivity index (χ0) is 13.0. The molecule has 3 nitrogen and oxygen atoms in total. The van der Waals surface area contributed by atoms with Crippen molar-refractivity contribution in [1.29, 1.82) is 0 Å². The molecule has 0 radical (unpaired) electrons. The van der Waals surface area contributed by atoms with Gasteiger partial charge in [0.2, 0.25) is 0 Å². The molecule has 0 amide bonds. The number of rotatable bonds is 7. The minimum atomic E-state index is 0.689. The van der Waals surface area contributed by atoms with E-state index in [1.165, 1.54) is 18.5 Å². The molecule has 0 unspecified atom stereocenters. The first kappa shape index (κ1) is 13.5. The Morgan fingerprint density at radius 1 is 1.33 bits per heavy atom. The SMILES string of the molecule is CC(C)CNCc1cccc(CN(C)C2CC2)n1. The van der Waals surface area contributed by atoms with Crippen molar-refractivity contribution in [2.75, 3.05) is 13.6 Å². The fraction of sp³-hybridized carbons (Fsp3) is 0.667. The van der Waals surface area contributed by atoms with E-state index in [0.29, 0.717) is 5.92 Å². The summed E-state index contributed by atoms with van der Waals surface area (Å²) in [6, 6.07) is 7.16. The van der Waals surface area contributed by atoms with Crippen LogP contribution in [0.25, 0.3) is 0 Å². The zero-order valence-corrected chi connectivity index (χ0v) is 11.8. The molecular formula is C15H25N3. The van der Waals surface area contributed by atoms with E-state index < -0.39 is 0 Å². The fourth-order valence-corrected chi connectivity index (χ4v) is 2.10. The van der Waals surface area contributed by atoms with Crippen LogP contribution in [0.15, 0.2) is 18.2 Å². The van der Waals surface area contributed by atoms with Crippen LogP contribution in [0.1, 0.15) is 38.1 Å². The van der Waals surface area contributed by atoms with E-state index in [1.807, 2.05) is 0 Å². The average Bonchev–Trinajstić information content (AvgIpc) is 3.12. The largest absolute Gasteiger partial charge is 0.311 e. The van der Waals surface area contributed by atoms with Crippen LogP contribution in [0, 0.1) is 5.92 Å². The summed E-state index contributed by atoms with van der Waals surface area (Å²) in [5, 5.41) is 3.44.